The van der Waals surface area contributed by atoms with Gasteiger partial charge in [0.2, 0.25) is 10.0 Å². The Hall–Kier alpha value is -1.44. The van der Waals surface area contributed by atoms with Crippen LogP contribution < -0.4 is 0 Å². The van der Waals surface area contributed by atoms with Gasteiger partial charge in [-0.05, 0) is 30.4 Å². The van der Waals surface area contributed by atoms with Crippen LogP contribution in [0.25, 0.3) is 0 Å². The highest BCUT2D eigenvalue weighted by molar-refractivity contribution is 7.89. The fourth-order valence-corrected chi connectivity index (χ4v) is 4.83. The molecule has 0 radical (unpaired) electrons. The van der Waals surface area contributed by atoms with Gasteiger partial charge in [0, 0.05) is 13.7 Å². The molecule has 1 aromatic carbocycles. The number of nitrogens with zero attached hydrogens (tertiary/aromatic N) is 1. The Bertz CT molecular complexity index is 685. The van der Waals surface area contributed by atoms with Crippen molar-refractivity contribution in [3.63, 3.8) is 0 Å². The van der Waals surface area contributed by atoms with E-state index in [0.717, 1.165) is 5.56 Å². The lowest BCUT2D eigenvalue weighted by Gasteiger charge is -2.38. The molecule has 0 bridgehead atoms. The van der Waals surface area contributed by atoms with E-state index in [0.29, 0.717) is 19.4 Å². The Morgan fingerprint density at radius 2 is 2.00 bits per heavy atom. The number of sulfonamides is 1. The lowest BCUT2D eigenvalue weighted by molar-refractivity contribution is -0.166. The average molecular weight is 341 g/mol. The third kappa shape index (κ3) is 3.27. The fourth-order valence-electron chi connectivity index (χ4n) is 2.95. The molecule has 1 N–H and O–H groups in total. The maximum absolute atomic E-state index is 13.0. The Morgan fingerprint density at radius 3 is 2.57 bits per heavy atom. The molecule has 0 amide bonds. The van der Waals surface area contributed by atoms with Crippen LogP contribution in [0.15, 0.2) is 29.2 Å². The van der Waals surface area contributed by atoms with Gasteiger partial charge in [-0.2, -0.15) is 4.31 Å². The zero-order valence-electron chi connectivity index (χ0n) is 13.7. The number of methoxy groups -OCH3 is 1. The summed E-state index contributed by atoms with van der Waals surface area (Å²) in [4.78, 5) is 11.8. The molecule has 128 valence electrons. The van der Waals surface area contributed by atoms with Crippen LogP contribution in [0.4, 0.5) is 0 Å². The van der Waals surface area contributed by atoms with Crippen molar-refractivity contribution in [2.45, 2.75) is 43.1 Å². The van der Waals surface area contributed by atoms with E-state index < -0.39 is 21.6 Å². The lowest BCUT2D eigenvalue weighted by atomic mass is 9.94. The van der Waals surface area contributed by atoms with Gasteiger partial charge in [0.05, 0.1) is 11.4 Å². The summed E-state index contributed by atoms with van der Waals surface area (Å²) >= 11 is 0. The summed E-state index contributed by atoms with van der Waals surface area (Å²) in [6, 6.07) is 6.86. The van der Waals surface area contributed by atoms with Crippen LogP contribution >= 0.6 is 0 Å². The first-order valence-corrected chi connectivity index (χ1v) is 9.06. The van der Waals surface area contributed by atoms with E-state index >= 15 is 0 Å². The van der Waals surface area contributed by atoms with E-state index in [2.05, 4.69) is 0 Å². The zero-order valence-corrected chi connectivity index (χ0v) is 14.5. The van der Waals surface area contributed by atoms with Gasteiger partial charge in [-0.1, -0.05) is 32.0 Å². The monoisotopic (exact) mass is 341 g/mol. The quantitative estimate of drug-likeness (QED) is 0.886. The van der Waals surface area contributed by atoms with Gasteiger partial charge < -0.3 is 9.84 Å². The highest BCUT2D eigenvalue weighted by Gasteiger charge is 2.46. The predicted octanol–water partition coefficient (Wildman–Crippen LogP) is 2.06. The number of carboxylic acid groups (broad SMARTS) is 1. The summed E-state index contributed by atoms with van der Waals surface area (Å²) in [7, 11) is -2.45. The van der Waals surface area contributed by atoms with Crippen molar-refractivity contribution < 1.29 is 23.1 Å². The topological polar surface area (TPSA) is 83.9 Å². The number of benzene rings is 1. The zero-order chi connectivity index (χ0) is 17.3. The van der Waals surface area contributed by atoms with E-state index in [1.54, 1.807) is 24.3 Å². The van der Waals surface area contributed by atoms with Crippen molar-refractivity contribution in [1.82, 2.24) is 4.31 Å². The van der Waals surface area contributed by atoms with Gasteiger partial charge in [-0.25, -0.2) is 13.2 Å². The third-order valence-electron chi connectivity index (χ3n) is 4.36. The van der Waals surface area contributed by atoms with Crippen molar-refractivity contribution in [3.05, 3.63) is 29.8 Å². The summed E-state index contributed by atoms with van der Waals surface area (Å²) in [6.07, 6.45) is 0.750. The summed E-state index contributed by atoms with van der Waals surface area (Å²) in [5.74, 6) is -1.07. The SMILES string of the molecule is COC1(C(=O)O)CCCN(S(=O)(=O)c2ccccc2C(C)C)C1. The van der Waals surface area contributed by atoms with Crippen molar-refractivity contribution in [1.29, 1.82) is 0 Å². The first-order chi connectivity index (χ1) is 10.7. The molecule has 1 heterocycles. The van der Waals surface area contributed by atoms with E-state index in [9.17, 15) is 18.3 Å². The smallest absolute Gasteiger partial charge is 0.337 e. The summed E-state index contributed by atoms with van der Waals surface area (Å²) in [6.45, 7) is 3.99. The number of hydrogen-bond acceptors (Lipinski definition) is 4. The first kappa shape index (κ1) is 17.9. The number of ether oxygens (including phenoxy) is 1. The van der Waals surface area contributed by atoms with E-state index in [-0.39, 0.29) is 17.4 Å². The maximum Gasteiger partial charge on any atom is 0.337 e. The lowest BCUT2D eigenvalue weighted by Crippen LogP contribution is -2.55. The first-order valence-electron chi connectivity index (χ1n) is 7.62. The highest BCUT2D eigenvalue weighted by Crippen LogP contribution is 2.32. The maximum atomic E-state index is 13.0. The van der Waals surface area contributed by atoms with Crippen LogP contribution in [0.2, 0.25) is 0 Å². The number of piperidine rings is 1. The number of aliphatic carboxylic acids is 1. The minimum Gasteiger partial charge on any atom is -0.479 e. The normalized spacial score (nSPS) is 23.1. The van der Waals surface area contributed by atoms with Crippen molar-refractivity contribution >= 4 is 16.0 Å². The molecule has 0 aromatic heterocycles. The molecule has 1 aliphatic heterocycles. The number of hydrogen-bond donors (Lipinski definition) is 1. The summed E-state index contributed by atoms with van der Waals surface area (Å²) in [5, 5.41) is 9.44. The van der Waals surface area contributed by atoms with E-state index in [4.69, 9.17) is 4.74 Å². The molecule has 0 saturated carbocycles. The van der Waals surface area contributed by atoms with Gasteiger partial charge in [-0.15, -0.1) is 0 Å². The molecule has 1 saturated heterocycles. The van der Waals surface area contributed by atoms with Crippen LogP contribution in [-0.2, 0) is 19.6 Å². The van der Waals surface area contributed by atoms with Crippen LogP contribution in [-0.4, -0.2) is 49.6 Å². The molecule has 7 heteroatoms. The van der Waals surface area contributed by atoms with Gasteiger partial charge >= 0.3 is 5.97 Å². The van der Waals surface area contributed by atoms with Crippen molar-refractivity contribution in [2.24, 2.45) is 0 Å². The Labute approximate surface area is 137 Å². The Morgan fingerprint density at radius 1 is 1.35 bits per heavy atom. The highest BCUT2D eigenvalue weighted by atomic mass is 32.2. The molecule has 1 aliphatic rings. The molecular formula is C16H23NO5S. The number of carbonyl (C=O) groups is 1. The molecule has 1 aromatic rings. The van der Waals surface area contributed by atoms with Crippen molar-refractivity contribution in [2.75, 3.05) is 20.2 Å². The second-order valence-electron chi connectivity index (χ2n) is 6.14. The van der Waals surface area contributed by atoms with Crippen LogP contribution in [0.1, 0.15) is 38.2 Å². The van der Waals surface area contributed by atoms with Gasteiger partial charge in [0.15, 0.2) is 5.60 Å². The van der Waals surface area contributed by atoms with Crippen LogP contribution in [0, 0.1) is 0 Å². The molecule has 0 aliphatic carbocycles. The standard InChI is InChI=1S/C16H23NO5S/c1-12(2)13-7-4-5-8-14(13)23(20,21)17-10-6-9-16(11-17,22-3)15(18)19/h4-5,7-8,12H,6,9-11H2,1-3H3,(H,18,19). The van der Waals surface area contributed by atoms with Crippen LogP contribution in [0.3, 0.4) is 0 Å². The number of rotatable bonds is 5. The fraction of sp³-hybridized carbons (Fsp3) is 0.562. The molecular weight excluding hydrogens is 318 g/mol. The molecule has 2 rings (SSSR count). The summed E-state index contributed by atoms with van der Waals surface area (Å²) in [5.41, 5.74) is -0.741. The largest absolute Gasteiger partial charge is 0.479 e. The number of carboxylic acids is 1. The van der Waals surface area contributed by atoms with Gasteiger partial charge in [0.25, 0.3) is 0 Å². The second kappa shape index (κ2) is 6.59. The molecule has 1 atom stereocenters. The molecule has 6 nitrogen and oxygen atoms in total. The van der Waals surface area contributed by atoms with Crippen LogP contribution in [0.5, 0.6) is 0 Å². The van der Waals surface area contributed by atoms with Crippen molar-refractivity contribution in [3.8, 4) is 0 Å². The second-order valence-corrected chi connectivity index (χ2v) is 8.04. The predicted molar refractivity (Wildman–Crippen MR) is 85.9 cm³/mol. The molecule has 0 spiro atoms. The molecule has 1 unspecified atom stereocenters. The van der Waals surface area contributed by atoms with Gasteiger partial charge in [0.1, 0.15) is 0 Å². The Balaban J connectivity index is 2.43. The van der Waals surface area contributed by atoms with E-state index in [1.807, 2.05) is 13.8 Å². The van der Waals surface area contributed by atoms with E-state index in [1.165, 1.54) is 11.4 Å². The molecule has 1 fully saturated rings. The average Bonchev–Trinajstić information content (AvgIpc) is 2.54. The third-order valence-corrected chi connectivity index (χ3v) is 6.28. The molecule has 23 heavy (non-hydrogen) atoms. The van der Waals surface area contributed by atoms with Gasteiger partial charge in [-0.3, -0.25) is 0 Å². The Kier molecular flexibility index (Phi) is 5.13. The summed E-state index contributed by atoms with van der Waals surface area (Å²) < 4.78 is 32.4. The minimum absolute atomic E-state index is 0.0532. The minimum atomic E-state index is -3.76.